The topological polar surface area (TPSA) is 128 Å². The van der Waals surface area contributed by atoms with Crippen molar-refractivity contribution in [3.05, 3.63) is 62.7 Å². The summed E-state index contributed by atoms with van der Waals surface area (Å²) >= 11 is 0. The number of nitrogens with one attached hydrogen (secondary N) is 1. The number of hydrogen-bond acceptors (Lipinski definition) is 7. The molecule has 0 bridgehead atoms. The van der Waals surface area contributed by atoms with E-state index >= 15 is 0 Å². The molecule has 1 aliphatic carbocycles. The second-order valence-electron chi connectivity index (χ2n) is 6.74. The van der Waals surface area contributed by atoms with Gasteiger partial charge in [-0.3, -0.25) is 14.9 Å². The van der Waals surface area contributed by atoms with Crippen LogP contribution >= 0.6 is 0 Å². The van der Waals surface area contributed by atoms with E-state index in [9.17, 15) is 24.8 Å². The van der Waals surface area contributed by atoms with E-state index in [0.717, 1.165) is 12.8 Å². The summed E-state index contributed by atoms with van der Waals surface area (Å²) in [5, 5.41) is 23.9. The molecule has 0 radical (unpaired) electrons. The summed E-state index contributed by atoms with van der Waals surface area (Å²) in [7, 11) is 1.18. The molecule has 0 spiro atoms. The third-order valence-electron chi connectivity index (χ3n) is 4.73. The van der Waals surface area contributed by atoms with Gasteiger partial charge < -0.3 is 19.9 Å². The SMILES string of the molecule is COC(O)=C1C(=O)NC(C)=C(C(=O)OCC2CC2)C1c1cccc([N+](=O)[O-])c1. The lowest BCUT2D eigenvalue weighted by atomic mass is 9.80. The zero-order valence-electron chi connectivity index (χ0n) is 15.4. The van der Waals surface area contributed by atoms with Crippen LogP contribution in [0.4, 0.5) is 5.69 Å². The van der Waals surface area contributed by atoms with Crippen molar-refractivity contribution in [2.45, 2.75) is 25.7 Å². The van der Waals surface area contributed by atoms with Crippen LogP contribution in [0.5, 0.6) is 0 Å². The molecule has 1 unspecified atom stereocenters. The second-order valence-corrected chi connectivity index (χ2v) is 6.74. The highest BCUT2D eigenvalue weighted by Crippen LogP contribution is 2.40. The predicted molar refractivity (Wildman–Crippen MR) is 97.0 cm³/mol. The molecule has 9 heteroatoms. The number of esters is 1. The zero-order valence-corrected chi connectivity index (χ0v) is 15.4. The monoisotopic (exact) mass is 388 g/mol. The first-order chi connectivity index (χ1) is 13.3. The van der Waals surface area contributed by atoms with Gasteiger partial charge in [-0.05, 0) is 31.2 Å². The number of nitro benzene ring substituents is 1. The van der Waals surface area contributed by atoms with E-state index in [1.165, 1.54) is 32.2 Å². The average Bonchev–Trinajstić information content (AvgIpc) is 3.49. The van der Waals surface area contributed by atoms with Crippen molar-refractivity contribution in [1.29, 1.82) is 0 Å². The van der Waals surface area contributed by atoms with Crippen molar-refractivity contribution >= 4 is 17.6 Å². The molecular weight excluding hydrogens is 368 g/mol. The van der Waals surface area contributed by atoms with Crippen molar-refractivity contribution in [1.82, 2.24) is 5.32 Å². The van der Waals surface area contributed by atoms with Gasteiger partial charge in [0, 0.05) is 17.8 Å². The smallest absolute Gasteiger partial charge is 0.336 e. The number of rotatable bonds is 6. The molecule has 1 aromatic carbocycles. The Balaban J connectivity index is 2.12. The fraction of sp³-hybridized carbons (Fsp3) is 0.368. The molecule has 1 aliphatic heterocycles. The van der Waals surface area contributed by atoms with Crippen molar-refractivity contribution < 1.29 is 29.1 Å². The molecule has 3 rings (SSSR count). The minimum Gasteiger partial charge on any atom is -0.481 e. The van der Waals surface area contributed by atoms with Crippen LogP contribution in [0, 0.1) is 16.0 Å². The lowest BCUT2D eigenvalue weighted by molar-refractivity contribution is -0.384. The zero-order chi connectivity index (χ0) is 20.4. The maximum absolute atomic E-state index is 12.8. The van der Waals surface area contributed by atoms with Gasteiger partial charge in [0.2, 0.25) is 0 Å². The first-order valence-corrected chi connectivity index (χ1v) is 8.74. The van der Waals surface area contributed by atoms with E-state index in [4.69, 9.17) is 9.47 Å². The van der Waals surface area contributed by atoms with Crippen LogP contribution in [-0.4, -0.2) is 35.6 Å². The minimum atomic E-state index is -1.07. The number of carbonyl (C=O) groups excluding carboxylic acids is 2. The van der Waals surface area contributed by atoms with Crippen molar-refractivity contribution in [3.8, 4) is 0 Å². The lowest BCUT2D eigenvalue weighted by Gasteiger charge is -2.29. The van der Waals surface area contributed by atoms with Gasteiger partial charge in [0.05, 0.1) is 30.1 Å². The van der Waals surface area contributed by atoms with Crippen molar-refractivity contribution in [2.24, 2.45) is 5.92 Å². The number of carbonyl (C=O) groups is 2. The van der Waals surface area contributed by atoms with E-state index in [0.29, 0.717) is 11.5 Å². The highest BCUT2D eigenvalue weighted by atomic mass is 16.6. The number of non-ortho nitro benzene ring substituents is 1. The first-order valence-electron chi connectivity index (χ1n) is 8.74. The molecule has 1 amide bonds. The summed E-state index contributed by atoms with van der Waals surface area (Å²) in [6.07, 6.45) is 1.98. The minimum absolute atomic E-state index is 0.0966. The van der Waals surface area contributed by atoms with Crippen LogP contribution in [0.2, 0.25) is 0 Å². The molecule has 1 saturated carbocycles. The number of nitrogens with zero attached hydrogens (tertiary/aromatic N) is 1. The van der Waals surface area contributed by atoms with Gasteiger partial charge in [0.25, 0.3) is 17.5 Å². The van der Waals surface area contributed by atoms with E-state index in [1.54, 1.807) is 6.07 Å². The van der Waals surface area contributed by atoms with Gasteiger partial charge >= 0.3 is 5.97 Å². The van der Waals surface area contributed by atoms with Gasteiger partial charge in [-0.15, -0.1) is 0 Å². The first kappa shape index (κ1) is 19.4. The average molecular weight is 388 g/mol. The van der Waals surface area contributed by atoms with Crippen LogP contribution in [0.3, 0.4) is 0 Å². The molecule has 1 atom stereocenters. The third-order valence-corrected chi connectivity index (χ3v) is 4.73. The Bertz CT molecular complexity index is 899. The van der Waals surface area contributed by atoms with Gasteiger partial charge in [-0.1, -0.05) is 12.1 Å². The van der Waals surface area contributed by atoms with Gasteiger partial charge in [-0.25, -0.2) is 4.79 Å². The maximum Gasteiger partial charge on any atom is 0.336 e. The fourth-order valence-electron chi connectivity index (χ4n) is 3.11. The second kappa shape index (κ2) is 7.71. The molecule has 1 aromatic rings. The quantitative estimate of drug-likeness (QED) is 0.252. The number of methoxy groups -OCH3 is 1. The summed E-state index contributed by atoms with van der Waals surface area (Å²) in [6, 6.07) is 5.55. The molecule has 28 heavy (non-hydrogen) atoms. The largest absolute Gasteiger partial charge is 0.481 e. The lowest BCUT2D eigenvalue weighted by Crippen LogP contribution is -2.37. The Morgan fingerprint density at radius 2 is 2.11 bits per heavy atom. The highest BCUT2D eigenvalue weighted by Gasteiger charge is 2.40. The van der Waals surface area contributed by atoms with Crippen LogP contribution < -0.4 is 5.32 Å². The molecular formula is C19H20N2O7. The van der Waals surface area contributed by atoms with E-state index in [2.05, 4.69) is 5.32 Å². The van der Waals surface area contributed by atoms with Crippen molar-refractivity contribution in [3.63, 3.8) is 0 Å². The van der Waals surface area contributed by atoms with Crippen LogP contribution in [0.15, 0.2) is 47.1 Å². The van der Waals surface area contributed by atoms with Gasteiger partial charge in [-0.2, -0.15) is 0 Å². The molecule has 1 fully saturated rings. The number of allylic oxidation sites excluding steroid dienone is 1. The number of benzene rings is 1. The summed E-state index contributed by atoms with van der Waals surface area (Å²) in [6.45, 7) is 1.80. The Labute approximate surface area is 160 Å². The predicted octanol–water partition coefficient (Wildman–Crippen LogP) is 2.45. The molecule has 148 valence electrons. The number of amides is 1. The molecule has 1 heterocycles. The van der Waals surface area contributed by atoms with E-state index in [-0.39, 0.29) is 29.1 Å². The van der Waals surface area contributed by atoms with Crippen LogP contribution in [0.25, 0.3) is 0 Å². The fourth-order valence-corrected chi connectivity index (χ4v) is 3.11. The van der Waals surface area contributed by atoms with Gasteiger partial charge in [0.1, 0.15) is 5.57 Å². The Hall–Kier alpha value is -3.36. The van der Waals surface area contributed by atoms with E-state index < -0.39 is 28.7 Å². The third kappa shape index (κ3) is 3.83. The molecule has 2 aliphatic rings. The summed E-state index contributed by atoms with van der Waals surface area (Å²) in [5.74, 6) is -2.72. The number of hydrogen-bond donors (Lipinski definition) is 2. The summed E-state index contributed by atoms with van der Waals surface area (Å²) in [5.41, 5.74) is 0.227. The Morgan fingerprint density at radius 1 is 1.39 bits per heavy atom. The van der Waals surface area contributed by atoms with Crippen molar-refractivity contribution in [2.75, 3.05) is 13.7 Å². The Morgan fingerprint density at radius 3 is 2.71 bits per heavy atom. The number of aliphatic hydroxyl groups is 1. The normalized spacial score (nSPS) is 21.1. The molecule has 0 saturated heterocycles. The van der Waals surface area contributed by atoms with Crippen LogP contribution in [0.1, 0.15) is 31.2 Å². The van der Waals surface area contributed by atoms with Gasteiger partial charge in [0.15, 0.2) is 0 Å². The summed E-state index contributed by atoms with van der Waals surface area (Å²) in [4.78, 5) is 35.9. The van der Waals surface area contributed by atoms with Crippen LogP contribution in [-0.2, 0) is 19.1 Å². The number of nitro groups is 1. The molecule has 0 aromatic heterocycles. The molecule has 2 N–H and O–H groups in total. The Kier molecular flexibility index (Phi) is 5.34. The summed E-state index contributed by atoms with van der Waals surface area (Å²) < 4.78 is 10.2. The number of ether oxygens (including phenoxy) is 2. The standard InChI is InChI=1S/C19H20N2O7/c1-10-14(19(24)28-9-11-6-7-11)15(16(17(22)20-10)18(23)27-2)12-4-3-5-13(8-12)21(25)26/h3-5,8,11,15,23H,6-7,9H2,1-2H3,(H,20,22). The number of aliphatic hydroxyl groups excluding tert-OH is 1. The molecule has 9 nitrogen and oxygen atoms in total. The van der Waals surface area contributed by atoms with E-state index in [1.807, 2.05) is 0 Å². The maximum atomic E-state index is 12.8. The highest BCUT2D eigenvalue weighted by molar-refractivity contribution is 6.04.